The highest BCUT2D eigenvalue weighted by atomic mass is 32.1. The lowest BCUT2D eigenvalue weighted by Gasteiger charge is -2.02. The number of hydrogen-bond donors (Lipinski definition) is 1. The van der Waals surface area contributed by atoms with Crippen LogP contribution in [0.1, 0.15) is 19.3 Å². The largest absolute Gasteiger partial charge is 0.455 e. The number of halogens is 3. The van der Waals surface area contributed by atoms with E-state index in [1.807, 2.05) is 0 Å². The number of carbonyl (C=O) groups excluding carboxylic acids is 2. The highest BCUT2D eigenvalue weighted by molar-refractivity contribution is 7.16. The lowest BCUT2D eigenvalue weighted by atomic mass is 10.3. The van der Waals surface area contributed by atoms with Crippen LogP contribution in [0.5, 0.6) is 0 Å². The molecule has 0 saturated carbocycles. The minimum Gasteiger partial charge on any atom is -0.383 e. The fourth-order valence-corrected chi connectivity index (χ4v) is 1.96. The van der Waals surface area contributed by atoms with Crippen LogP contribution in [0.15, 0.2) is 12.1 Å². The van der Waals surface area contributed by atoms with Crippen molar-refractivity contribution in [2.45, 2.75) is 6.18 Å². The summed E-state index contributed by atoms with van der Waals surface area (Å²) >= 11 is 0.512. The minimum atomic E-state index is -4.92. The predicted octanol–water partition coefficient (Wildman–Crippen LogP) is 1.87. The molecular formula is C10H10F3NO3S. The van der Waals surface area contributed by atoms with E-state index >= 15 is 0 Å². The second kappa shape index (κ2) is 5.96. The SMILES string of the molecule is COCCNC(=O)c1ccc(C(=O)C(F)(F)F)s1. The number of carbonyl (C=O) groups is 2. The van der Waals surface area contributed by atoms with Gasteiger partial charge in [-0.05, 0) is 12.1 Å². The number of nitrogens with one attached hydrogen (secondary N) is 1. The average molecular weight is 281 g/mol. The van der Waals surface area contributed by atoms with Crippen LogP contribution in [0.4, 0.5) is 13.2 Å². The van der Waals surface area contributed by atoms with Gasteiger partial charge in [0.2, 0.25) is 0 Å². The van der Waals surface area contributed by atoms with Crippen molar-refractivity contribution in [3.63, 3.8) is 0 Å². The van der Waals surface area contributed by atoms with Crippen LogP contribution in [-0.4, -0.2) is 38.1 Å². The summed E-state index contributed by atoms with van der Waals surface area (Å²) in [6.07, 6.45) is -4.92. The molecule has 100 valence electrons. The first-order chi connectivity index (χ1) is 8.36. The third-order valence-corrected chi connectivity index (χ3v) is 2.99. The van der Waals surface area contributed by atoms with Gasteiger partial charge in [0.1, 0.15) is 0 Å². The number of ether oxygens (including phenoxy) is 1. The molecule has 0 unspecified atom stereocenters. The first kappa shape index (κ1) is 14.7. The Morgan fingerprint density at radius 3 is 2.50 bits per heavy atom. The van der Waals surface area contributed by atoms with Crippen molar-refractivity contribution >= 4 is 23.0 Å². The maximum Gasteiger partial charge on any atom is 0.455 e. The maximum absolute atomic E-state index is 12.1. The van der Waals surface area contributed by atoms with Gasteiger partial charge in [0.05, 0.1) is 16.4 Å². The van der Waals surface area contributed by atoms with Gasteiger partial charge >= 0.3 is 6.18 Å². The van der Waals surface area contributed by atoms with Crippen LogP contribution in [-0.2, 0) is 4.74 Å². The Hall–Kier alpha value is -1.41. The topological polar surface area (TPSA) is 55.4 Å². The number of alkyl halides is 3. The maximum atomic E-state index is 12.1. The van der Waals surface area contributed by atoms with Gasteiger partial charge in [-0.3, -0.25) is 9.59 Å². The highest BCUT2D eigenvalue weighted by Crippen LogP contribution is 2.26. The molecule has 0 fully saturated rings. The van der Waals surface area contributed by atoms with Gasteiger partial charge in [-0.25, -0.2) is 0 Å². The van der Waals surface area contributed by atoms with E-state index in [1.165, 1.54) is 13.2 Å². The molecule has 0 aliphatic carbocycles. The first-order valence-corrected chi connectivity index (χ1v) is 5.66. The summed E-state index contributed by atoms with van der Waals surface area (Å²) in [7, 11) is 1.46. The number of Topliss-reactive ketones (excluding diaryl/α,β-unsaturated/α-hetero) is 1. The highest BCUT2D eigenvalue weighted by Gasteiger charge is 2.40. The second-order valence-electron chi connectivity index (χ2n) is 3.24. The van der Waals surface area contributed by atoms with Crippen LogP contribution in [0.3, 0.4) is 0 Å². The van der Waals surface area contributed by atoms with E-state index in [4.69, 9.17) is 4.74 Å². The molecule has 0 spiro atoms. The molecule has 1 aromatic rings. The fraction of sp³-hybridized carbons (Fsp3) is 0.400. The van der Waals surface area contributed by atoms with Crippen molar-refractivity contribution in [2.24, 2.45) is 0 Å². The normalized spacial score (nSPS) is 11.3. The Morgan fingerprint density at radius 1 is 1.33 bits per heavy atom. The zero-order chi connectivity index (χ0) is 13.8. The molecule has 0 radical (unpaired) electrons. The summed E-state index contributed by atoms with van der Waals surface area (Å²) in [4.78, 5) is 21.9. The molecule has 0 saturated heterocycles. The van der Waals surface area contributed by atoms with E-state index in [0.717, 1.165) is 6.07 Å². The van der Waals surface area contributed by atoms with Crippen LogP contribution in [0, 0.1) is 0 Å². The third-order valence-electron chi connectivity index (χ3n) is 1.90. The van der Waals surface area contributed by atoms with Crippen LogP contribution in [0.2, 0.25) is 0 Å². The van der Waals surface area contributed by atoms with Gasteiger partial charge in [-0.2, -0.15) is 13.2 Å². The average Bonchev–Trinajstić information content (AvgIpc) is 2.76. The Bertz CT molecular complexity index is 442. The Morgan fingerprint density at radius 2 is 1.94 bits per heavy atom. The quantitative estimate of drug-likeness (QED) is 0.662. The summed E-state index contributed by atoms with van der Waals surface area (Å²) < 4.78 is 41.1. The van der Waals surface area contributed by atoms with E-state index in [0.29, 0.717) is 17.9 Å². The molecule has 1 amide bonds. The molecule has 0 atom stereocenters. The van der Waals surface area contributed by atoms with Crippen molar-refractivity contribution < 1.29 is 27.5 Å². The monoisotopic (exact) mass is 281 g/mol. The van der Waals surface area contributed by atoms with Crippen molar-refractivity contribution in [1.82, 2.24) is 5.32 Å². The van der Waals surface area contributed by atoms with E-state index < -0.39 is 22.7 Å². The molecule has 1 rings (SSSR count). The number of methoxy groups -OCH3 is 1. The van der Waals surface area contributed by atoms with Crippen LogP contribution >= 0.6 is 11.3 Å². The molecule has 0 aliphatic heterocycles. The number of rotatable bonds is 5. The molecule has 1 heterocycles. The molecule has 0 aromatic carbocycles. The molecule has 1 N–H and O–H groups in total. The third kappa shape index (κ3) is 3.81. The predicted molar refractivity (Wildman–Crippen MR) is 58.9 cm³/mol. The molecule has 0 bridgehead atoms. The van der Waals surface area contributed by atoms with Gasteiger partial charge in [0.25, 0.3) is 11.7 Å². The van der Waals surface area contributed by atoms with Crippen molar-refractivity contribution in [3.05, 3.63) is 21.9 Å². The lowest BCUT2D eigenvalue weighted by molar-refractivity contribution is -0.0882. The number of amides is 1. The summed E-state index contributed by atoms with van der Waals surface area (Å²) in [5.41, 5.74) is 0. The number of hydrogen-bond acceptors (Lipinski definition) is 4. The first-order valence-electron chi connectivity index (χ1n) is 4.84. The minimum absolute atomic E-state index is 0.0544. The Kier molecular flexibility index (Phi) is 4.85. The molecule has 18 heavy (non-hydrogen) atoms. The number of ketones is 1. The molecule has 4 nitrogen and oxygen atoms in total. The number of thiophene rings is 1. The van der Waals surface area contributed by atoms with Crippen LogP contribution < -0.4 is 5.32 Å². The van der Waals surface area contributed by atoms with Gasteiger partial charge in [-0.15, -0.1) is 11.3 Å². The van der Waals surface area contributed by atoms with Crippen molar-refractivity contribution in [2.75, 3.05) is 20.3 Å². The van der Waals surface area contributed by atoms with E-state index in [2.05, 4.69) is 5.32 Å². The summed E-state index contributed by atoms with van der Waals surface area (Å²) in [5, 5.41) is 2.44. The van der Waals surface area contributed by atoms with Gasteiger partial charge < -0.3 is 10.1 Å². The Labute approximate surface area is 105 Å². The Balaban J connectivity index is 2.69. The summed E-state index contributed by atoms with van der Waals surface area (Å²) in [6.45, 7) is 0.543. The van der Waals surface area contributed by atoms with E-state index in [9.17, 15) is 22.8 Å². The smallest absolute Gasteiger partial charge is 0.383 e. The summed E-state index contributed by atoms with van der Waals surface area (Å²) in [5.74, 6) is -2.47. The molecule has 1 aromatic heterocycles. The molecular weight excluding hydrogens is 271 g/mol. The van der Waals surface area contributed by atoms with Gasteiger partial charge in [0, 0.05) is 13.7 Å². The van der Waals surface area contributed by atoms with E-state index in [-0.39, 0.29) is 11.4 Å². The summed E-state index contributed by atoms with van der Waals surface area (Å²) in [6, 6.07) is 2.18. The zero-order valence-corrected chi connectivity index (χ0v) is 10.2. The van der Waals surface area contributed by atoms with Crippen molar-refractivity contribution in [1.29, 1.82) is 0 Å². The fourth-order valence-electron chi connectivity index (χ4n) is 1.08. The second-order valence-corrected chi connectivity index (χ2v) is 4.32. The standard InChI is InChI=1S/C10H10F3NO3S/c1-17-5-4-14-9(16)7-3-2-6(18-7)8(15)10(11,12)13/h2-3H,4-5H2,1H3,(H,14,16). The lowest BCUT2D eigenvalue weighted by Crippen LogP contribution is -2.26. The van der Waals surface area contributed by atoms with Crippen molar-refractivity contribution in [3.8, 4) is 0 Å². The molecule has 8 heteroatoms. The van der Waals surface area contributed by atoms with E-state index in [1.54, 1.807) is 0 Å². The van der Waals surface area contributed by atoms with Crippen LogP contribution in [0.25, 0.3) is 0 Å². The zero-order valence-electron chi connectivity index (χ0n) is 9.34. The van der Waals surface area contributed by atoms with Gasteiger partial charge in [0.15, 0.2) is 0 Å². The van der Waals surface area contributed by atoms with Gasteiger partial charge in [-0.1, -0.05) is 0 Å². The molecule has 0 aliphatic rings.